The van der Waals surface area contributed by atoms with Crippen LogP contribution in [-0.4, -0.2) is 144 Å². The van der Waals surface area contributed by atoms with Crippen LogP contribution in [0.15, 0.2) is 63.6 Å². The number of halogens is 3. The van der Waals surface area contributed by atoms with Gasteiger partial charge >= 0.3 is 75.2 Å². The van der Waals surface area contributed by atoms with Gasteiger partial charge in [0.25, 0.3) is 0 Å². The quantitative estimate of drug-likeness (QED) is 0.0122. The van der Waals surface area contributed by atoms with Crippen LogP contribution < -0.4 is 77.2 Å². The van der Waals surface area contributed by atoms with E-state index in [4.69, 9.17) is 28.5 Å². The molecule has 7 N–H and O–H groups in total. The van der Waals surface area contributed by atoms with Crippen molar-refractivity contribution in [2.45, 2.75) is 92.2 Å². The van der Waals surface area contributed by atoms with E-state index in [0.717, 1.165) is 49.4 Å². The van der Waals surface area contributed by atoms with Crippen LogP contribution >= 0.6 is 11.8 Å². The summed E-state index contributed by atoms with van der Waals surface area (Å²) in [6, 6.07) is 8.80. The standard InChI is InChI=1S/C40H49F3N6O14S.K/c41-40(42,43)39(48-49-39)24-8-7-23(20-61-45-19-29-33(52)34(53)35(54)37(63-29)62-28(36(55)56)17-22-5-9-25(50)10-6-22)27(18-24)60-16-15-59-14-13-58-12-11-44-31(51)4-2-1-3-30-32-26(21-64-30)46-38(57)47-32;/h5-10,17-19,26,29-30,32-35,37,50,52-54H,1-4,11-16,20-21H2,(H,44,51)(H,55,56)(H2,46,47,57);/q;+1/p-1/b28-17-,45-19-;/t26?,29-,30?,32?,33+,34+,35-,37-;/m1./s1. The molecule has 3 unspecified atom stereocenters. The number of carboxylic acids is 1. The van der Waals surface area contributed by atoms with Gasteiger partial charge in [-0.1, -0.05) is 48.0 Å². The Kier molecular flexibility index (Phi) is 19.7. The number of nitrogens with zero attached hydrogens (tertiary/aromatic N) is 3. The van der Waals surface area contributed by atoms with Gasteiger partial charge in [0.2, 0.25) is 18.0 Å². The van der Waals surface area contributed by atoms with Crippen LogP contribution in [0.5, 0.6) is 11.5 Å². The number of amides is 3. The number of fused-ring (bicyclic) bond motifs is 1. The fourth-order valence-corrected chi connectivity index (χ4v) is 8.46. The van der Waals surface area contributed by atoms with Gasteiger partial charge in [-0.3, -0.25) is 4.79 Å². The number of benzene rings is 2. The Hall–Kier alpha value is -3.60. The molecular weight excluding hydrogens is 917 g/mol. The van der Waals surface area contributed by atoms with Crippen LogP contribution in [0.4, 0.5) is 18.0 Å². The topological polar surface area (TPSA) is 284 Å². The molecule has 0 aromatic heterocycles. The van der Waals surface area contributed by atoms with E-state index in [9.17, 15) is 53.1 Å². The number of hydrogen-bond acceptors (Lipinski definition) is 17. The zero-order valence-corrected chi connectivity index (χ0v) is 39.0. The van der Waals surface area contributed by atoms with Crippen molar-refractivity contribution in [1.82, 2.24) is 16.0 Å². The summed E-state index contributed by atoms with van der Waals surface area (Å²) in [5.41, 5.74) is -2.55. The summed E-state index contributed by atoms with van der Waals surface area (Å²) >= 11 is 1.84. The second-order valence-corrected chi connectivity index (χ2v) is 16.2. The number of rotatable bonds is 24. The predicted octanol–water partition coefficient (Wildman–Crippen LogP) is -1.35. The zero-order chi connectivity index (χ0) is 45.9. The molecule has 2 aromatic carbocycles. The van der Waals surface area contributed by atoms with Gasteiger partial charge in [-0.2, -0.15) is 24.9 Å². The van der Waals surface area contributed by atoms with Gasteiger partial charge in [-0.25, -0.2) is 9.59 Å². The van der Waals surface area contributed by atoms with E-state index in [1.54, 1.807) is 0 Å². The Labute approximate surface area is 417 Å². The van der Waals surface area contributed by atoms with Crippen molar-refractivity contribution in [1.29, 1.82) is 0 Å². The average molecular weight is 965 g/mol. The minimum absolute atomic E-state index is 0. The number of carbonyl (C=O) groups is 3. The number of aliphatic hydroxyl groups is 3. The number of nitrogens with one attached hydrogen (secondary N) is 3. The summed E-state index contributed by atoms with van der Waals surface area (Å²) < 4.78 is 69.0. The van der Waals surface area contributed by atoms with Gasteiger partial charge in [0.1, 0.15) is 43.4 Å². The number of carbonyl (C=O) groups excluding carboxylic acids is 2. The molecule has 4 heterocycles. The van der Waals surface area contributed by atoms with Gasteiger partial charge in [0, 0.05) is 35.1 Å². The van der Waals surface area contributed by atoms with Crippen LogP contribution in [0.1, 0.15) is 42.4 Å². The molecule has 4 aliphatic rings. The van der Waals surface area contributed by atoms with Crippen molar-refractivity contribution < 1.29 is 133 Å². The van der Waals surface area contributed by atoms with Crippen LogP contribution in [0.3, 0.4) is 0 Å². The fraction of sp³-hybridized carbons (Fsp3) is 0.550. The Morgan fingerprint density at radius 1 is 1.00 bits per heavy atom. The Morgan fingerprint density at radius 3 is 2.43 bits per heavy atom. The molecule has 0 radical (unpaired) electrons. The molecule has 20 nitrogen and oxygen atoms in total. The number of hydrogen-bond donors (Lipinski definition) is 7. The molecule has 350 valence electrons. The average Bonchev–Trinajstić information content (AvgIpc) is 3.90. The van der Waals surface area contributed by atoms with E-state index in [1.807, 2.05) is 11.8 Å². The first kappa shape index (κ1) is 52.4. The number of thioether (sulfide) groups is 1. The first-order chi connectivity index (χ1) is 30.6. The van der Waals surface area contributed by atoms with E-state index in [1.165, 1.54) is 30.3 Å². The van der Waals surface area contributed by atoms with Gasteiger partial charge in [0.05, 0.1) is 44.7 Å². The molecule has 0 saturated carbocycles. The van der Waals surface area contributed by atoms with Gasteiger partial charge < -0.3 is 70.0 Å². The maximum absolute atomic E-state index is 13.8. The first-order valence-corrected chi connectivity index (χ1v) is 21.3. The number of aliphatic carboxylic acids is 1. The van der Waals surface area contributed by atoms with Gasteiger partial charge in [0.15, 0.2) is 0 Å². The Balaban J connectivity index is 0.00000793. The Bertz CT molecular complexity index is 2020. The molecule has 0 aliphatic carbocycles. The smallest absolute Gasteiger partial charge is 0.872 e. The third-order valence-electron chi connectivity index (χ3n) is 10.4. The number of unbranched alkanes of at least 4 members (excludes halogenated alkanes) is 1. The normalized spacial score (nSPS) is 25.6. The summed E-state index contributed by atoms with van der Waals surface area (Å²) in [7, 11) is 0. The fourth-order valence-electron chi connectivity index (χ4n) is 6.92. The predicted molar refractivity (Wildman–Crippen MR) is 216 cm³/mol. The molecule has 6 rings (SSSR count). The summed E-state index contributed by atoms with van der Waals surface area (Å²) in [4.78, 5) is 40.9. The zero-order valence-electron chi connectivity index (χ0n) is 35.1. The molecule has 4 aliphatic heterocycles. The van der Waals surface area contributed by atoms with Gasteiger partial charge in [-0.05, 0) is 30.5 Å². The number of oxime groups is 1. The van der Waals surface area contributed by atoms with Crippen LogP contribution in [0.25, 0.3) is 6.08 Å². The molecule has 25 heteroatoms. The number of ether oxygens (including phenoxy) is 5. The first-order valence-electron chi connectivity index (χ1n) is 20.3. The van der Waals surface area contributed by atoms with Crippen LogP contribution in [-0.2, 0) is 45.6 Å². The maximum atomic E-state index is 13.8. The van der Waals surface area contributed by atoms with Crippen molar-refractivity contribution in [3.05, 3.63) is 64.9 Å². The number of alkyl halides is 3. The van der Waals surface area contributed by atoms with Crippen LogP contribution in [0, 0.1) is 0 Å². The maximum Gasteiger partial charge on any atom is 1.00 e. The summed E-state index contributed by atoms with van der Waals surface area (Å²) in [5, 5.41) is 71.7. The third kappa shape index (κ3) is 14.4. The molecule has 0 bridgehead atoms. The largest absolute Gasteiger partial charge is 1.00 e. The van der Waals surface area contributed by atoms with E-state index >= 15 is 0 Å². The second kappa shape index (κ2) is 24.4. The van der Waals surface area contributed by atoms with Crippen LogP contribution in [0.2, 0.25) is 0 Å². The van der Waals surface area contributed by atoms with Crippen molar-refractivity contribution in [3.63, 3.8) is 0 Å². The van der Waals surface area contributed by atoms with E-state index in [0.29, 0.717) is 18.2 Å². The minimum atomic E-state index is -4.81. The Morgan fingerprint density at radius 2 is 1.72 bits per heavy atom. The van der Waals surface area contributed by atoms with E-state index in [2.05, 4.69) is 31.3 Å². The third-order valence-corrected chi connectivity index (χ3v) is 11.9. The minimum Gasteiger partial charge on any atom is -0.872 e. The van der Waals surface area contributed by atoms with Crippen molar-refractivity contribution in [2.75, 3.05) is 45.3 Å². The van der Waals surface area contributed by atoms with E-state index in [-0.39, 0.29) is 143 Å². The van der Waals surface area contributed by atoms with E-state index < -0.39 is 54.3 Å². The molecule has 3 fully saturated rings. The molecule has 3 amide bonds. The molecule has 2 aromatic rings. The molecule has 3 saturated heterocycles. The monoisotopic (exact) mass is 964 g/mol. The molecular formula is C40H48F3KN6O14S. The number of carboxylic acid groups (broad SMARTS) is 1. The SMILES string of the molecule is O=C(CCCCC1SCC2NC(=O)NC21)NCCOCCOCCOc1cc(C2(C(F)(F)F)N=N2)ccc1CO/N=C\[C@H]1O[C@@H](O/C(=C\c2ccc([O-])cc2)C(=O)O)[C@H](O)[C@@H](O)[C@H]1O.[K+]. The summed E-state index contributed by atoms with van der Waals surface area (Å²) in [6.45, 7) is 0.454. The number of urea groups is 1. The van der Waals surface area contributed by atoms with Crippen molar-refractivity contribution in [2.24, 2.45) is 15.4 Å². The van der Waals surface area contributed by atoms with Crippen molar-refractivity contribution >= 4 is 42.0 Å². The summed E-state index contributed by atoms with van der Waals surface area (Å²) in [6.07, 6.45) is -8.85. The van der Waals surface area contributed by atoms with Gasteiger partial charge in [-0.15, -0.1) is 16.0 Å². The summed E-state index contributed by atoms with van der Waals surface area (Å²) in [5.74, 6) is -1.84. The second-order valence-electron chi connectivity index (χ2n) is 15.0. The number of aliphatic hydroxyl groups excluding tert-OH is 3. The molecule has 0 spiro atoms. The molecule has 65 heavy (non-hydrogen) atoms. The molecule has 8 atom stereocenters. The van der Waals surface area contributed by atoms with Crippen molar-refractivity contribution in [3.8, 4) is 11.5 Å².